The van der Waals surface area contributed by atoms with Gasteiger partial charge in [-0.05, 0) is 12.5 Å². The van der Waals surface area contributed by atoms with E-state index < -0.39 is 0 Å². The Kier molecular flexibility index (Phi) is 5.73. The molecule has 0 amide bonds. The van der Waals surface area contributed by atoms with Gasteiger partial charge >= 0.3 is 0 Å². The van der Waals surface area contributed by atoms with Gasteiger partial charge in [0, 0.05) is 26.7 Å². The molecule has 1 aliphatic heterocycles. The molecular formula is C18H23ClN4O2. The molecule has 25 heavy (non-hydrogen) atoms. The van der Waals surface area contributed by atoms with Gasteiger partial charge in [0.05, 0.1) is 31.1 Å². The van der Waals surface area contributed by atoms with Crippen molar-refractivity contribution in [2.75, 3.05) is 38.2 Å². The zero-order chi connectivity index (χ0) is 17.8. The minimum Gasteiger partial charge on any atom is -0.380 e. The minimum absolute atomic E-state index is 0.169. The third-order valence-corrected chi connectivity index (χ3v) is 4.84. The van der Waals surface area contributed by atoms with Gasteiger partial charge < -0.3 is 10.1 Å². The van der Waals surface area contributed by atoms with Crippen LogP contribution in [0.5, 0.6) is 0 Å². The van der Waals surface area contributed by atoms with Crippen molar-refractivity contribution in [3.63, 3.8) is 0 Å². The third kappa shape index (κ3) is 4.21. The molecule has 0 unspecified atom stereocenters. The molecule has 0 bridgehead atoms. The van der Waals surface area contributed by atoms with Gasteiger partial charge in [-0.15, -0.1) is 0 Å². The van der Waals surface area contributed by atoms with E-state index in [0.29, 0.717) is 12.2 Å². The van der Waals surface area contributed by atoms with Gasteiger partial charge in [-0.3, -0.25) is 9.69 Å². The van der Waals surface area contributed by atoms with Gasteiger partial charge in [-0.2, -0.15) is 5.10 Å². The van der Waals surface area contributed by atoms with E-state index in [1.54, 1.807) is 13.2 Å². The Labute approximate surface area is 152 Å². The molecule has 3 rings (SSSR count). The summed E-state index contributed by atoms with van der Waals surface area (Å²) in [6.07, 6.45) is 1.59. The van der Waals surface area contributed by atoms with E-state index >= 15 is 0 Å². The fraction of sp³-hybridized carbons (Fsp3) is 0.444. The number of nitrogens with one attached hydrogen (secondary N) is 1. The second kappa shape index (κ2) is 7.99. The summed E-state index contributed by atoms with van der Waals surface area (Å²) in [7, 11) is 1.58. The first-order chi connectivity index (χ1) is 12.1. The highest BCUT2D eigenvalue weighted by molar-refractivity contribution is 6.32. The van der Waals surface area contributed by atoms with Crippen LogP contribution in [0, 0.1) is 6.92 Å². The minimum atomic E-state index is -0.301. The van der Waals surface area contributed by atoms with Crippen LogP contribution in [-0.2, 0) is 11.8 Å². The van der Waals surface area contributed by atoms with E-state index in [0.717, 1.165) is 26.3 Å². The lowest BCUT2D eigenvalue weighted by atomic mass is 10.0. The summed E-state index contributed by atoms with van der Waals surface area (Å²) in [5.41, 5.74) is 2.73. The van der Waals surface area contributed by atoms with Gasteiger partial charge in [0.1, 0.15) is 5.02 Å². The van der Waals surface area contributed by atoms with E-state index in [2.05, 4.69) is 46.5 Å². The van der Waals surface area contributed by atoms with E-state index in [4.69, 9.17) is 16.3 Å². The highest BCUT2D eigenvalue weighted by Gasteiger charge is 2.23. The number of ether oxygens (including phenoxy) is 1. The molecule has 2 aromatic rings. The van der Waals surface area contributed by atoms with Crippen LogP contribution in [0.2, 0.25) is 5.02 Å². The number of nitrogens with zero attached hydrogens (tertiary/aromatic N) is 3. The van der Waals surface area contributed by atoms with Crippen LogP contribution in [0.25, 0.3) is 0 Å². The fourth-order valence-electron chi connectivity index (χ4n) is 3.06. The largest absolute Gasteiger partial charge is 0.380 e. The lowest BCUT2D eigenvalue weighted by Crippen LogP contribution is -2.41. The summed E-state index contributed by atoms with van der Waals surface area (Å²) in [5.74, 6) is 0. The van der Waals surface area contributed by atoms with Crippen LogP contribution in [0.15, 0.2) is 35.3 Å². The second-order valence-electron chi connectivity index (χ2n) is 6.26. The Morgan fingerprint density at radius 3 is 2.84 bits per heavy atom. The van der Waals surface area contributed by atoms with Gasteiger partial charge in [0.15, 0.2) is 0 Å². The zero-order valence-corrected chi connectivity index (χ0v) is 15.3. The van der Waals surface area contributed by atoms with Crippen LogP contribution < -0.4 is 10.9 Å². The van der Waals surface area contributed by atoms with Crippen molar-refractivity contribution in [1.29, 1.82) is 0 Å². The molecule has 1 atom stereocenters. The van der Waals surface area contributed by atoms with Crippen LogP contribution in [0.4, 0.5) is 5.69 Å². The standard InChI is InChI=1S/C18H23ClN4O2/c1-13-4-3-5-14(10-13)16(23-6-8-25-9-7-23)12-20-15-11-21-22(2)18(24)17(15)19/h3-5,10-11,16,20H,6-9,12H2,1-2H3/t16-/m1/s1. The summed E-state index contributed by atoms with van der Waals surface area (Å²) < 4.78 is 6.71. The van der Waals surface area contributed by atoms with E-state index in [1.165, 1.54) is 15.8 Å². The predicted molar refractivity (Wildman–Crippen MR) is 99.3 cm³/mol. The molecule has 0 aliphatic carbocycles. The molecule has 2 heterocycles. The molecule has 134 valence electrons. The van der Waals surface area contributed by atoms with Crippen LogP contribution in [0.1, 0.15) is 17.2 Å². The van der Waals surface area contributed by atoms with Crippen LogP contribution in [0.3, 0.4) is 0 Å². The molecular weight excluding hydrogens is 340 g/mol. The van der Waals surface area contributed by atoms with Crippen LogP contribution >= 0.6 is 11.6 Å². The molecule has 7 heteroatoms. The van der Waals surface area contributed by atoms with E-state index in [-0.39, 0.29) is 16.6 Å². The molecule has 0 radical (unpaired) electrons. The van der Waals surface area contributed by atoms with E-state index in [1.807, 2.05) is 0 Å². The Bertz CT molecular complexity index is 787. The highest BCUT2D eigenvalue weighted by Crippen LogP contribution is 2.24. The van der Waals surface area contributed by atoms with Gasteiger partial charge in [0.25, 0.3) is 5.56 Å². The van der Waals surface area contributed by atoms with Crippen molar-refractivity contribution in [1.82, 2.24) is 14.7 Å². The van der Waals surface area contributed by atoms with Crippen molar-refractivity contribution in [2.24, 2.45) is 7.05 Å². The maximum Gasteiger partial charge on any atom is 0.287 e. The molecule has 1 aromatic carbocycles. The first kappa shape index (κ1) is 17.9. The smallest absolute Gasteiger partial charge is 0.287 e. The number of aryl methyl sites for hydroxylation is 2. The SMILES string of the molecule is Cc1cccc([C@@H](CNc2cnn(C)c(=O)c2Cl)N2CCOCC2)c1. The van der Waals surface area contributed by atoms with Gasteiger partial charge in [-0.25, -0.2) is 4.68 Å². The average molecular weight is 363 g/mol. The summed E-state index contributed by atoms with van der Waals surface area (Å²) in [6.45, 7) is 5.95. The number of hydrogen-bond donors (Lipinski definition) is 1. The van der Waals surface area contributed by atoms with Crippen molar-refractivity contribution in [2.45, 2.75) is 13.0 Å². The Morgan fingerprint density at radius 2 is 2.12 bits per heavy atom. The molecule has 0 saturated carbocycles. The Hall–Kier alpha value is -1.89. The predicted octanol–water partition coefficient (Wildman–Crippen LogP) is 2.23. The van der Waals surface area contributed by atoms with E-state index in [9.17, 15) is 4.79 Å². The molecule has 1 saturated heterocycles. The third-order valence-electron chi connectivity index (χ3n) is 4.48. The molecule has 0 spiro atoms. The first-order valence-electron chi connectivity index (χ1n) is 8.40. The number of aromatic nitrogens is 2. The number of halogens is 1. The van der Waals surface area contributed by atoms with Crippen molar-refractivity contribution in [3.05, 3.63) is 57.0 Å². The highest BCUT2D eigenvalue weighted by atomic mass is 35.5. The molecule has 1 aromatic heterocycles. The molecule has 1 fully saturated rings. The van der Waals surface area contributed by atoms with Crippen molar-refractivity contribution < 1.29 is 4.74 Å². The summed E-state index contributed by atoms with van der Waals surface area (Å²) in [6, 6.07) is 8.67. The van der Waals surface area contributed by atoms with Crippen molar-refractivity contribution >= 4 is 17.3 Å². The monoisotopic (exact) mass is 362 g/mol. The normalized spacial score (nSPS) is 16.6. The topological polar surface area (TPSA) is 59.4 Å². The zero-order valence-electron chi connectivity index (χ0n) is 14.5. The Morgan fingerprint density at radius 1 is 1.36 bits per heavy atom. The van der Waals surface area contributed by atoms with Crippen LogP contribution in [-0.4, -0.2) is 47.5 Å². The lowest BCUT2D eigenvalue weighted by molar-refractivity contribution is 0.0187. The molecule has 6 nitrogen and oxygen atoms in total. The number of benzene rings is 1. The lowest BCUT2D eigenvalue weighted by Gasteiger charge is -2.35. The number of rotatable bonds is 5. The fourth-order valence-corrected chi connectivity index (χ4v) is 3.30. The number of hydrogen-bond acceptors (Lipinski definition) is 5. The van der Waals surface area contributed by atoms with Crippen molar-refractivity contribution in [3.8, 4) is 0 Å². The molecule has 1 aliphatic rings. The number of morpholine rings is 1. The second-order valence-corrected chi connectivity index (χ2v) is 6.64. The first-order valence-corrected chi connectivity index (χ1v) is 8.78. The van der Waals surface area contributed by atoms with Gasteiger partial charge in [-0.1, -0.05) is 41.4 Å². The summed E-state index contributed by atoms with van der Waals surface area (Å²) >= 11 is 6.17. The average Bonchev–Trinajstić information content (AvgIpc) is 2.63. The molecule has 1 N–H and O–H groups in total. The maximum absolute atomic E-state index is 12.0. The Balaban J connectivity index is 1.82. The summed E-state index contributed by atoms with van der Waals surface area (Å²) in [5, 5.41) is 7.52. The summed E-state index contributed by atoms with van der Waals surface area (Å²) in [4.78, 5) is 14.3. The quantitative estimate of drug-likeness (QED) is 0.883. The van der Waals surface area contributed by atoms with Gasteiger partial charge in [0.2, 0.25) is 0 Å². The number of anilines is 1. The maximum atomic E-state index is 12.0.